The van der Waals surface area contributed by atoms with Crippen LogP contribution in [0.3, 0.4) is 0 Å². The third kappa shape index (κ3) is 2.16. The van der Waals surface area contributed by atoms with E-state index in [2.05, 4.69) is 32.2 Å². The Labute approximate surface area is 98.2 Å². The van der Waals surface area contributed by atoms with E-state index in [1.807, 2.05) is 12.1 Å². The van der Waals surface area contributed by atoms with E-state index in [9.17, 15) is 0 Å². The number of nitrogens with one attached hydrogen (secondary N) is 1. The van der Waals surface area contributed by atoms with Crippen molar-refractivity contribution in [1.82, 2.24) is 0 Å². The summed E-state index contributed by atoms with van der Waals surface area (Å²) in [7, 11) is 0. The zero-order chi connectivity index (χ0) is 11.8. The highest BCUT2D eigenvalue weighted by atomic mass is 14.9. The molecule has 1 aliphatic carbocycles. The fourth-order valence-corrected chi connectivity index (χ4v) is 2.63. The quantitative estimate of drug-likeness (QED) is 0.745. The first kappa shape index (κ1) is 11.3. The van der Waals surface area contributed by atoms with Crippen molar-refractivity contribution in [2.24, 2.45) is 5.41 Å². The molecule has 1 aromatic carbocycles. The molecule has 1 atom stereocenters. The normalized spacial score (nSPS) is 23.3. The molecule has 88 valence electrons. The van der Waals surface area contributed by atoms with Gasteiger partial charge in [-0.15, -0.1) is 0 Å². The largest absolute Gasteiger partial charge is 0.399 e. The van der Waals surface area contributed by atoms with E-state index >= 15 is 0 Å². The lowest BCUT2D eigenvalue weighted by Crippen LogP contribution is -2.31. The van der Waals surface area contributed by atoms with Crippen LogP contribution >= 0.6 is 0 Å². The summed E-state index contributed by atoms with van der Waals surface area (Å²) in [5.41, 5.74) is 9.48. The smallest absolute Gasteiger partial charge is 0.0373 e. The Kier molecular flexibility index (Phi) is 2.83. The van der Waals surface area contributed by atoms with Crippen LogP contribution in [0.15, 0.2) is 18.2 Å². The summed E-state index contributed by atoms with van der Waals surface area (Å²) in [4.78, 5) is 0. The number of hydrogen-bond acceptors (Lipinski definition) is 2. The number of nitrogen functional groups attached to an aromatic ring is 1. The van der Waals surface area contributed by atoms with Gasteiger partial charge in [0.25, 0.3) is 0 Å². The maximum atomic E-state index is 5.76. The average molecular weight is 218 g/mol. The molecule has 2 nitrogen and oxygen atoms in total. The monoisotopic (exact) mass is 218 g/mol. The van der Waals surface area contributed by atoms with Gasteiger partial charge in [0.05, 0.1) is 0 Å². The third-order valence-electron chi connectivity index (χ3n) is 3.84. The fraction of sp³-hybridized carbons (Fsp3) is 0.571. The van der Waals surface area contributed by atoms with Crippen molar-refractivity contribution in [2.75, 3.05) is 11.1 Å². The molecular formula is C14H22N2. The zero-order valence-corrected chi connectivity index (χ0v) is 10.5. The van der Waals surface area contributed by atoms with Gasteiger partial charge in [-0.3, -0.25) is 0 Å². The van der Waals surface area contributed by atoms with Crippen molar-refractivity contribution in [3.8, 4) is 0 Å². The molecule has 1 aliphatic rings. The highest BCUT2D eigenvalue weighted by Gasteiger charge is 2.34. The van der Waals surface area contributed by atoms with Gasteiger partial charge in [0.1, 0.15) is 0 Å². The lowest BCUT2D eigenvalue weighted by molar-refractivity contribution is 0.350. The minimum atomic E-state index is 0.411. The lowest BCUT2D eigenvalue weighted by Gasteiger charge is -2.29. The van der Waals surface area contributed by atoms with Gasteiger partial charge in [-0.05, 0) is 48.9 Å². The van der Waals surface area contributed by atoms with Crippen LogP contribution in [0.5, 0.6) is 0 Å². The van der Waals surface area contributed by atoms with Crippen molar-refractivity contribution in [3.63, 3.8) is 0 Å². The predicted octanol–water partition coefficient (Wildman–Crippen LogP) is 3.57. The molecule has 3 N–H and O–H groups in total. The van der Waals surface area contributed by atoms with Crippen LogP contribution in [0.25, 0.3) is 0 Å². The molecule has 1 fully saturated rings. The van der Waals surface area contributed by atoms with Crippen molar-refractivity contribution >= 4 is 11.4 Å². The van der Waals surface area contributed by atoms with E-state index < -0.39 is 0 Å². The van der Waals surface area contributed by atoms with Crippen LogP contribution in [-0.2, 0) is 0 Å². The summed E-state index contributed by atoms with van der Waals surface area (Å²) < 4.78 is 0. The number of aryl methyl sites for hydroxylation is 1. The van der Waals surface area contributed by atoms with Crippen LogP contribution < -0.4 is 11.1 Å². The SMILES string of the molecule is Cc1cc(N)ccc1NC1CCCC1(C)C. The topological polar surface area (TPSA) is 38.0 Å². The standard InChI is InChI=1S/C14H22N2/c1-10-9-11(15)6-7-12(10)16-13-5-4-8-14(13,2)3/h6-7,9,13,16H,4-5,8,15H2,1-3H3. The number of benzene rings is 1. The van der Waals surface area contributed by atoms with Gasteiger partial charge in [0.15, 0.2) is 0 Å². The summed E-state index contributed by atoms with van der Waals surface area (Å²) in [6.45, 7) is 6.81. The van der Waals surface area contributed by atoms with Crippen LogP contribution in [0.2, 0.25) is 0 Å². The molecule has 1 unspecified atom stereocenters. The fourth-order valence-electron chi connectivity index (χ4n) is 2.63. The minimum Gasteiger partial charge on any atom is -0.399 e. The highest BCUT2D eigenvalue weighted by molar-refractivity contribution is 5.58. The Bertz CT molecular complexity index is 382. The Hall–Kier alpha value is -1.18. The molecular weight excluding hydrogens is 196 g/mol. The summed E-state index contributed by atoms with van der Waals surface area (Å²) in [6, 6.07) is 6.69. The molecule has 0 spiro atoms. The number of hydrogen-bond donors (Lipinski definition) is 2. The van der Waals surface area contributed by atoms with Crippen molar-refractivity contribution in [2.45, 2.75) is 46.1 Å². The van der Waals surface area contributed by atoms with E-state index in [4.69, 9.17) is 5.73 Å². The van der Waals surface area contributed by atoms with E-state index in [0.717, 1.165) is 5.69 Å². The number of anilines is 2. The van der Waals surface area contributed by atoms with Crippen LogP contribution in [0.4, 0.5) is 11.4 Å². The Morgan fingerprint density at radius 2 is 2.12 bits per heavy atom. The molecule has 0 heterocycles. The van der Waals surface area contributed by atoms with Gasteiger partial charge in [-0.25, -0.2) is 0 Å². The first-order chi connectivity index (χ1) is 7.49. The van der Waals surface area contributed by atoms with Crippen molar-refractivity contribution in [3.05, 3.63) is 23.8 Å². The van der Waals surface area contributed by atoms with Crippen LogP contribution in [-0.4, -0.2) is 6.04 Å². The first-order valence-corrected chi connectivity index (χ1v) is 6.12. The number of nitrogens with two attached hydrogens (primary N) is 1. The molecule has 2 rings (SSSR count). The molecule has 2 heteroatoms. The van der Waals surface area contributed by atoms with Crippen molar-refractivity contribution in [1.29, 1.82) is 0 Å². The van der Waals surface area contributed by atoms with Gasteiger partial charge < -0.3 is 11.1 Å². The first-order valence-electron chi connectivity index (χ1n) is 6.12. The lowest BCUT2D eigenvalue weighted by atomic mass is 9.87. The Morgan fingerprint density at radius 3 is 2.69 bits per heavy atom. The minimum absolute atomic E-state index is 0.411. The number of rotatable bonds is 2. The van der Waals surface area contributed by atoms with E-state index in [1.54, 1.807) is 0 Å². The second kappa shape index (κ2) is 4.00. The molecule has 1 aromatic rings. The van der Waals surface area contributed by atoms with Crippen molar-refractivity contribution < 1.29 is 0 Å². The second-order valence-electron chi connectivity index (χ2n) is 5.65. The summed E-state index contributed by atoms with van der Waals surface area (Å²) in [5.74, 6) is 0. The molecule has 16 heavy (non-hydrogen) atoms. The van der Waals surface area contributed by atoms with E-state index in [0.29, 0.717) is 11.5 Å². The van der Waals surface area contributed by atoms with Crippen LogP contribution in [0.1, 0.15) is 38.7 Å². The zero-order valence-electron chi connectivity index (χ0n) is 10.5. The molecule has 0 aromatic heterocycles. The molecule has 1 saturated carbocycles. The van der Waals surface area contributed by atoms with Gasteiger partial charge in [-0.2, -0.15) is 0 Å². The molecule has 0 bridgehead atoms. The average Bonchev–Trinajstić information content (AvgIpc) is 2.50. The Balaban J connectivity index is 2.15. The van der Waals surface area contributed by atoms with E-state index in [1.165, 1.54) is 30.5 Å². The highest BCUT2D eigenvalue weighted by Crippen LogP contribution is 2.39. The van der Waals surface area contributed by atoms with Gasteiger partial charge >= 0.3 is 0 Å². The summed E-state index contributed by atoms with van der Waals surface area (Å²) in [5, 5.41) is 3.67. The maximum Gasteiger partial charge on any atom is 0.0373 e. The van der Waals surface area contributed by atoms with Gasteiger partial charge in [-0.1, -0.05) is 20.3 Å². The molecule has 0 radical (unpaired) electrons. The van der Waals surface area contributed by atoms with Gasteiger partial charge in [0, 0.05) is 17.4 Å². The predicted molar refractivity (Wildman–Crippen MR) is 70.6 cm³/mol. The van der Waals surface area contributed by atoms with Gasteiger partial charge in [0.2, 0.25) is 0 Å². The second-order valence-corrected chi connectivity index (χ2v) is 5.65. The Morgan fingerprint density at radius 1 is 1.38 bits per heavy atom. The summed E-state index contributed by atoms with van der Waals surface area (Å²) in [6.07, 6.45) is 3.92. The maximum absolute atomic E-state index is 5.76. The molecule has 0 aliphatic heterocycles. The molecule has 0 amide bonds. The molecule has 0 saturated heterocycles. The third-order valence-corrected chi connectivity index (χ3v) is 3.84. The van der Waals surface area contributed by atoms with Crippen LogP contribution in [0, 0.1) is 12.3 Å². The summed E-state index contributed by atoms with van der Waals surface area (Å²) >= 11 is 0. The van der Waals surface area contributed by atoms with E-state index in [-0.39, 0.29) is 0 Å².